The maximum absolute atomic E-state index is 14.1. The van der Waals surface area contributed by atoms with E-state index in [1.54, 1.807) is 42.2 Å². The van der Waals surface area contributed by atoms with Crippen LogP contribution in [0.1, 0.15) is 34.6 Å². The van der Waals surface area contributed by atoms with Crippen LogP contribution >= 0.6 is 0 Å². The summed E-state index contributed by atoms with van der Waals surface area (Å²) in [6, 6.07) is 12.4. The van der Waals surface area contributed by atoms with Gasteiger partial charge in [0.1, 0.15) is 5.82 Å². The average molecular weight is 395 g/mol. The first-order valence-corrected chi connectivity index (χ1v) is 9.17. The molecule has 9 heteroatoms. The highest BCUT2D eigenvalue weighted by atomic mass is 19.1. The number of hydrogen-bond acceptors (Lipinski definition) is 5. The Bertz CT molecular complexity index is 1090. The zero-order valence-corrected chi connectivity index (χ0v) is 15.7. The van der Waals surface area contributed by atoms with Gasteiger partial charge in [-0.2, -0.15) is 0 Å². The number of hydrogen-bond donors (Lipinski definition) is 0. The summed E-state index contributed by atoms with van der Waals surface area (Å²) in [5.41, 5.74) is 1.42. The number of halogens is 1. The Morgan fingerprint density at radius 3 is 2.72 bits per heavy atom. The summed E-state index contributed by atoms with van der Waals surface area (Å²) in [6.45, 7) is 1.83. The van der Waals surface area contributed by atoms with Crippen molar-refractivity contribution in [2.24, 2.45) is 0 Å². The average Bonchev–Trinajstić information content (AvgIpc) is 3.48. The molecule has 29 heavy (non-hydrogen) atoms. The van der Waals surface area contributed by atoms with Crippen molar-refractivity contribution in [1.29, 1.82) is 0 Å². The van der Waals surface area contributed by atoms with Crippen LogP contribution in [-0.2, 0) is 6.54 Å². The monoisotopic (exact) mass is 395 g/mol. The number of benzene rings is 2. The molecule has 1 aromatic heterocycles. The van der Waals surface area contributed by atoms with Crippen molar-refractivity contribution >= 4 is 11.6 Å². The molecular weight excluding hydrogens is 377 g/mol. The van der Waals surface area contributed by atoms with Crippen LogP contribution in [0.25, 0.3) is 5.69 Å². The summed E-state index contributed by atoms with van der Waals surface area (Å²) in [4.78, 5) is 25.3. The highest BCUT2D eigenvalue weighted by Gasteiger charge is 2.35. The second kappa shape index (κ2) is 7.42. The predicted molar refractivity (Wildman–Crippen MR) is 102 cm³/mol. The fourth-order valence-electron chi connectivity index (χ4n) is 3.21. The highest BCUT2D eigenvalue weighted by Crippen LogP contribution is 2.30. The lowest BCUT2D eigenvalue weighted by Crippen LogP contribution is -2.33. The maximum atomic E-state index is 14.1. The zero-order valence-electron chi connectivity index (χ0n) is 15.7. The molecule has 0 unspecified atom stereocenters. The van der Waals surface area contributed by atoms with Gasteiger partial charge in [-0.05, 0) is 31.9 Å². The number of carbonyl (C=O) groups is 1. The number of aromatic nitrogens is 3. The van der Waals surface area contributed by atoms with Crippen LogP contribution in [0.4, 0.5) is 10.1 Å². The number of non-ortho nitro benzene ring substituents is 1. The topological polar surface area (TPSA) is 94.2 Å². The Morgan fingerprint density at radius 2 is 2.03 bits per heavy atom. The molecule has 0 N–H and O–H groups in total. The van der Waals surface area contributed by atoms with E-state index in [0.29, 0.717) is 16.9 Å². The molecule has 1 amide bonds. The number of nitrogens with zero attached hydrogens (tertiary/aromatic N) is 5. The van der Waals surface area contributed by atoms with Crippen molar-refractivity contribution < 1.29 is 14.1 Å². The largest absolute Gasteiger partial charge is 0.330 e. The van der Waals surface area contributed by atoms with Crippen molar-refractivity contribution in [3.05, 3.63) is 81.4 Å². The molecule has 0 atom stereocenters. The second-order valence-corrected chi connectivity index (χ2v) is 6.97. The molecule has 8 nitrogen and oxygen atoms in total. The number of carbonyl (C=O) groups excluding carboxylic acids is 1. The van der Waals surface area contributed by atoms with E-state index in [0.717, 1.165) is 12.8 Å². The Morgan fingerprint density at radius 1 is 1.28 bits per heavy atom. The van der Waals surface area contributed by atoms with Gasteiger partial charge in [0.05, 0.1) is 16.3 Å². The Balaban J connectivity index is 1.64. The van der Waals surface area contributed by atoms with Crippen molar-refractivity contribution in [1.82, 2.24) is 19.9 Å². The van der Waals surface area contributed by atoms with Crippen molar-refractivity contribution in [2.75, 3.05) is 0 Å². The lowest BCUT2D eigenvalue weighted by Gasteiger charge is -2.22. The molecule has 0 radical (unpaired) electrons. The molecule has 1 aliphatic rings. The zero-order chi connectivity index (χ0) is 20.5. The summed E-state index contributed by atoms with van der Waals surface area (Å²) >= 11 is 0. The molecule has 1 aliphatic carbocycles. The summed E-state index contributed by atoms with van der Waals surface area (Å²) in [6.07, 6.45) is 1.72. The molecule has 148 valence electrons. The van der Waals surface area contributed by atoms with Crippen LogP contribution in [0.15, 0.2) is 48.5 Å². The van der Waals surface area contributed by atoms with Gasteiger partial charge in [-0.15, -0.1) is 5.10 Å². The maximum Gasteiger partial charge on any atom is 0.276 e. The van der Waals surface area contributed by atoms with E-state index in [1.807, 2.05) is 0 Å². The van der Waals surface area contributed by atoms with Gasteiger partial charge in [0.25, 0.3) is 11.6 Å². The summed E-state index contributed by atoms with van der Waals surface area (Å²) in [5.74, 6) is -0.687. The van der Waals surface area contributed by atoms with Gasteiger partial charge in [-0.25, -0.2) is 9.07 Å². The highest BCUT2D eigenvalue weighted by molar-refractivity contribution is 5.93. The minimum atomic E-state index is -0.495. The van der Waals surface area contributed by atoms with Crippen LogP contribution in [0.5, 0.6) is 0 Å². The predicted octanol–water partition coefficient (Wildman–Crippen LogP) is 3.43. The van der Waals surface area contributed by atoms with Crippen LogP contribution < -0.4 is 0 Å². The third kappa shape index (κ3) is 3.71. The van der Waals surface area contributed by atoms with Crippen LogP contribution in [0.2, 0.25) is 0 Å². The molecular formula is C20H18FN5O3. The van der Waals surface area contributed by atoms with Gasteiger partial charge < -0.3 is 4.90 Å². The smallest absolute Gasteiger partial charge is 0.276 e. The van der Waals surface area contributed by atoms with E-state index in [4.69, 9.17) is 0 Å². The van der Waals surface area contributed by atoms with Gasteiger partial charge in [0.15, 0.2) is 5.69 Å². The Kier molecular flexibility index (Phi) is 4.79. The number of nitro groups is 1. The Labute approximate surface area is 165 Å². The van der Waals surface area contributed by atoms with E-state index in [-0.39, 0.29) is 35.7 Å². The SMILES string of the molecule is Cc1c(C(=O)N(Cc2ccccc2F)C2CC2)nnn1-c1cccc([N+](=O)[O-])c1. The summed E-state index contributed by atoms with van der Waals surface area (Å²) in [5, 5.41) is 19.1. The first kappa shape index (κ1) is 18.7. The van der Waals surface area contributed by atoms with Gasteiger partial charge in [-0.1, -0.05) is 29.5 Å². The molecule has 0 bridgehead atoms. The second-order valence-electron chi connectivity index (χ2n) is 6.97. The first-order chi connectivity index (χ1) is 14.0. The molecule has 1 saturated carbocycles. The van der Waals surface area contributed by atoms with E-state index in [9.17, 15) is 19.3 Å². The molecule has 1 heterocycles. The molecule has 3 aromatic rings. The number of nitro benzene ring substituents is 1. The Hall–Kier alpha value is -3.62. The molecule has 0 aliphatic heterocycles. The van der Waals surface area contributed by atoms with Crippen molar-refractivity contribution in [3.63, 3.8) is 0 Å². The van der Waals surface area contributed by atoms with Gasteiger partial charge in [0, 0.05) is 30.3 Å². The van der Waals surface area contributed by atoms with Gasteiger partial charge >= 0.3 is 0 Å². The lowest BCUT2D eigenvalue weighted by atomic mass is 10.2. The summed E-state index contributed by atoms with van der Waals surface area (Å²) in [7, 11) is 0. The van der Waals surface area contributed by atoms with Crippen LogP contribution in [0, 0.1) is 22.9 Å². The standard InChI is InChI=1S/C20H18FN5O3/c1-13-19(22-23-25(13)16-6-4-7-17(11-16)26(28)29)20(27)24(15-9-10-15)12-14-5-2-3-8-18(14)21/h2-8,11,15H,9-10,12H2,1H3. The third-order valence-corrected chi connectivity index (χ3v) is 4.93. The number of rotatable bonds is 6. The van der Waals surface area contributed by atoms with Gasteiger partial charge in [0.2, 0.25) is 0 Å². The van der Waals surface area contributed by atoms with E-state index in [1.165, 1.54) is 22.9 Å². The normalized spacial score (nSPS) is 13.3. The molecule has 2 aromatic carbocycles. The van der Waals surface area contributed by atoms with E-state index < -0.39 is 4.92 Å². The van der Waals surface area contributed by atoms with E-state index in [2.05, 4.69) is 10.3 Å². The third-order valence-electron chi connectivity index (χ3n) is 4.93. The summed E-state index contributed by atoms with van der Waals surface area (Å²) < 4.78 is 15.5. The van der Waals surface area contributed by atoms with Crippen molar-refractivity contribution in [2.45, 2.75) is 32.4 Å². The minimum absolute atomic E-state index is 0.0458. The fraction of sp³-hybridized carbons (Fsp3) is 0.250. The van der Waals surface area contributed by atoms with Crippen LogP contribution in [0.3, 0.4) is 0 Å². The quantitative estimate of drug-likeness (QED) is 0.471. The van der Waals surface area contributed by atoms with Crippen molar-refractivity contribution in [3.8, 4) is 5.69 Å². The first-order valence-electron chi connectivity index (χ1n) is 9.17. The minimum Gasteiger partial charge on any atom is -0.330 e. The number of amides is 1. The molecule has 0 spiro atoms. The molecule has 4 rings (SSSR count). The van der Waals surface area contributed by atoms with Crippen LogP contribution in [-0.4, -0.2) is 36.8 Å². The fourth-order valence-corrected chi connectivity index (χ4v) is 3.21. The van der Waals surface area contributed by atoms with Gasteiger partial charge in [-0.3, -0.25) is 14.9 Å². The molecule has 0 saturated heterocycles. The molecule has 1 fully saturated rings. The van der Waals surface area contributed by atoms with E-state index >= 15 is 0 Å². The lowest BCUT2D eigenvalue weighted by molar-refractivity contribution is -0.384.